The smallest absolute Gasteiger partial charge is 0.0790 e. The van der Waals surface area contributed by atoms with Gasteiger partial charge in [-0.1, -0.05) is 12.1 Å². The van der Waals surface area contributed by atoms with Crippen molar-refractivity contribution >= 4 is 22.5 Å². The average molecular weight is 236 g/mol. The van der Waals surface area contributed by atoms with Crippen molar-refractivity contribution in [3.05, 3.63) is 42.1 Å². The van der Waals surface area contributed by atoms with E-state index in [0.29, 0.717) is 12.3 Å². The van der Waals surface area contributed by atoms with Crippen LogP contribution in [0.1, 0.15) is 24.5 Å². The molecule has 0 aliphatic heterocycles. The van der Waals surface area contributed by atoms with Gasteiger partial charge in [0.1, 0.15) is 0 Å². The van der Waals surface area contributed by atoms with Crippen molar-refractivity contribution in [2.75, 3.05) is 5.88 Å². The molecule has 2 nitrogen and oxygen atoms in total. The summed E-state index contributed by atoms with van der Waals surface area (Å²) in [6.45, 7) is 0. The summed E-state index contributed by atoms with van der Waals surface area (Å²) < 4.78 is 0. The molecule has 3 heteroatoms. The topological polar surface area (TPSA) is 33.1 Å². The lowest BCUT2D eigenvalue weighted by atomic mass is 10.0. The van der Waals surface area contributed by atoms with Gasteiger partial charge in [0.15, 0.2) is 0 Å². The zero-order chi connectivity index (χ0) is 11.4. The summed E-state index contributed by atoms with van der Waals surface area (Å²) in [6.07, 6.45) is 2.87. The Morgan fingerprint density at radius 1 is 1.31 bits per heavy atom. The summed E-state index contributed by atoms with van der Waals surface area (Å²) in [5.74, 6) is 0.589. The Kier molecular flexibility index (Phi) is 3.75. The standard InChI is InChI=1S/C13H14ClNO/c14-7-1-4-13(16)11-5-6-12-10(9-11)3-2-8-15-12/h2-3,5-6,8-9,13,16H,1,4,7H2. The molecule has 1 heterocycles. The van der Waals surface area contributed by atoms with E-state index in [0.717, 1.165) is 22.9 Å². The predicted octanol–water partition coefficient (Wildman–Crippen LogP) is 3.29. The van der Waals surface area contributed by atoms with Gasteiger partial charge < -0.3 is 5.11 Å². The second kappa shape index (κ2) is 5.28. The molecule has 0 amide bonds. The van der Waals surface area contributed by atoms with Crippen LogP contribution in [-0.4, -0.2) is 16.0 Å². The highest BCUT2D eigenvalue weighted by Crippen LogP contribution is 2.22. The molecule has 0 saturated heterocycles. The molecular weight excluding hydrogens is 222 g/mol. The Hall–Kier alpha value is -1.12. The molecule has 1 aromatic heterocycles. The molecular formula is C13H14ClNO. The zero-order valence-electron chi connectivity index (χ0n) is 8.94. The van der Waals surface area contributed by atoms with Crippen LogP contribution in [0.4, 0.5) is 0 Å². The van der Waals surface area contributed by atoms with Gasteiger partial charge in [0.25, 0.3) is 0 Å². The van der Waals surface area contributed by atoms with Crippen LogP contribution >= 0.6 is 11.6 Å². The number of aliphatic hydroxyl groups is 1. The predicted molar refractivity (Wildman–Crippen MR) is 66.7 cm³/mol. The van der Waals surface area contributed by atoms with Crippen molar-refractivity contribution in [2.45, 2.75) is 18.9 Å². The maximum absolute atomic E-state index is 9.93. The van der Waals surface area contributed by atoms with E-state index in [1.165, 1.54) is 0 Å². The number of nitrogens with zero attached hydrogens (tertiary/aromatic N) is 1. The van der Waals surface area contributed by atoms with E-state index < -0.39 is 6.10 Å². The number of benzene rings is 1. The third-order valence-corrected chi connectivity index (χ3v) is 2.89. The first-order valence-electron chi connectivity index (χ1n) is 5.40. The van der Waals surface area contributed by atoms with Gasteiger partial charge in [-0.3, -0.25) is 4.98 Å². The van der Waals surface area contributed by atoms with Gasteiger partial charge in [-0.2, -0.15) is 0 Å². The molecule has 2 rings (SSSR count). The SMILES string of the molecule is OC(CCCCl)c1ccc2ncccc2c1. The number of aromatic nitrogens is 1. The van der Waals surface area contributed by atoms with E-state index in [9.17, 15) is 5.11 Å². The Bertz CT molecular complexity index is 472. The molecule has 0 aliphatic rings. The van der Waals surface area contributed by atoms with E-state index >= 15 is 0 Å². The lowest BCUT2D eigenvalue weighted by molar-refractivity contribution is 0.167. The number of pyridine rings is 1. The molecule has 84 valence electrons. The summed E-state index contributed by atoms with van der Waals surface area (Å²) in [7, 11) is 0. The summed E-state index contributed by atoms with van der Waals surface area (Å²) in [4.78, 5) is 4.24. The minimum absolute atomic E-state index is 0.427. The Morgan fingerprint density at radius 2 is 2.19 bits per heavy atom. The second-order valence-corrected chi connectivity index (χ2v) is 4.18. The Morgan fingerprint density at radius 3 is 3.00 bits per heavy atom. The molecule has 0 spiro atoms. The van der Waals surface area contributed by atoms with E-state index in [1.54, 1.807) is 6.20 Å². The average Bonchev–Trinajstić information content (AvgIpc) is 2.35. The number of hydrogen-bond donors (Lipinski definition) is 1. The molecule has 0 radical (unpaired) electrons. The second-order valence-electron chi connectivity index (χ2n) is 3.80. The molecule has 0 fully saturated rings. The fourth-order valence-corrected chi connectivity index (χ4v) is 1.89. The number of aliphatic hydroxyl groups excluding tert-OH is 1. The van der Waals surface area contributed by atoms with Crippen molar-refractivity contribution in [3.63, 3.8) is 0 Å². The van der Waals surface area contributed by atoms with Crippen LogP contribution in [0.2, 0.25) is 0 Å². The highest BCUT2D eigenvalue weighted by molar-refractivity contribution is 6.17. The number of fused-ring (bicyclic) bond motifs is 1. The Labute approximate surface area is 99.9 Å². The van der Waals surface area contributed by atoms with Crippen molar-refractivity contribution in [1.82, 2.24) is 4.98 Å². The van der Waals surface area contributed by atoms with E-state index in [1.807, 2.05) is 30.3 Å². The maximum Gasteiger partial charge on any atom is 0.0790 e. The van der Waals surface area contributed by atoms with E-state index in [-0.39, 0.29) is 0 Å². The lowest BCUT2D eigenvalue weighted by Crippen LogP contribution is -1.97. The molecule has 1 N–H and O–H groups in total. The molecule has 0 saturated carbocycles. The third kappa shape index (κ3) is 2.52. The molecule has 2 aromatic rings. The number of hydrogen-bond acceptors (Lipinski definition) is 2. The van der Waals surface area contributed by atoms with Crippen LogP contribution in [0.25, 0.3) is 10.9 Å². The summed E-state index contributed by atoms with van der Waals surface area (Å²) in [5.41, 5.74) is 1.89. The molecule has 16 heavy (non-hydrogen) atoms. The quantitative estimate of drug-likeness (QED) is 0.825. The van der Waals surface area contributed by atoms with Crippen LogP contribution in [0.15, 0.2) is 36.5 Å². The third-order valence-electron chi connectivity index (χ3n) is 2.62. The summed E-state index contributed by atoms with van der Waals surface area (Å²) in [5, 5.41) is 11.0. The summed E-state index contributed by atoms with van der Waals surface area (Å²) >= 11 is 5.61. The molecule has 0 aliphatic carbocycles. The lowest BCUT2D eigenvalue weighted by Gasteiger charge is -2.10. The van der Waals surface area contributed by atoms with Crippen LogP contribution in [0.3, 0.4) is 0 Å². The molecule has 1 unspecified atom stereocenters. The number of alkyl halides is 1. The van der Waals surface area contributed by atoms with Crippen LogP contribution in [0.5, 0.6) is 0 Å². The van der Waals surface area contributed by atoms with Crippen molar-refractivity contribution < 1.29 is 5.11 Å². The van der Waals surface area contributed by atoms with Gasteiger partial charge in [0, 0.05) is 17.5 Å². The first-order valence-corrected chi connectivity index (χ1v) is 5.93. The minimum Gasteiger partial charge on any atom is -0.388 e. The normalized spacial score (nSPS) is 12.9. The number of rotatable bonds is 4. The van der Waals surface area contributed by atoms with Gasteiger partial charge in [-0.15, -0.1) is 11.6 Å². The molecule has 1 aromatic carbocycles. The van der Waals surface area contributed by atoms with Crippen LogP contribution in [-0.2, 0) is 0 Å². The Balaban J connectivity index is 2.25. The first kappa shape index (κ1) is 11.4. The highest BCUT2D eigenvalue weighted by Gasteiger charge is 2.07. The van der Waals surface area contributed by atoms with Gasteiger partial charge >= 0.3 is 0 Å². The molecule has 0 bridgehead atoms. The molecule has 1 atom stereocenters. The maximum atomic E-state index is 9.93. The van der Waals surface area contributed by atoms with Crippen molar-refractivity contribution in [3.8, 4) is 0 Å². The van der Waals surface area contributed by atoms with Gasteiger partial charge in [0.2, 0.25) is 0 Å². The number of halogens is 1. The minimum atomic E-state index is -0.427. The van der Waals surface area contributed by atoms with Crippen LogP contribution in [0, 0.1) is 0 Å². The van der Waals surface area contributed by atoms with Crippen LogP contribution < -0.4 is 0 Å². The van der Waals surface area contributed by atoms with Gasteiger partial charge in [-0.05, 0) is 36.6 Å². The zero-order valence-corrected chi connectivity index (χ0v) is 9.69. The van der Waals surface area contributed by atoms with Crippen molar-refractivity contribution in [1.29, 1.82) is 0 Å². The first-order chi connectivity index (χ1) is 7.81. The fourth-order valence-electron chi connectivity index (χ4n) is 1.74. The van der Waals surface area contributed by atoms with Gasteiger partial charge in [-0.25, -0.2) is 0 Å². The van der Waals surface area contributed by atoms with Crippen molar-refractivity contribution in [2.24, 2.45) is 0 Å². The monoisotopic (exact) mass is 235 g/mol. The fraction of sp³-hybridized carbons (Fsp3) is 0.308. The van der Waals surface area contributed by atoms with E-state index in [2.05, 4.69) is 4.98 Å². The van der Waals surface area contributed by atoms with E-state index in [4.69, 9.17) is 11.6 Å². The largest absolute Gasteiger partial charge is 0.388 e. The highest BCUT2D eigenvalue weighted by atomic mass is 35.5. The van der Waals surface area contributed by atoms with Gasteiger partial charge in [0.05, 0.1) is 11.6 Å². The summed E-state index contributed by atoms with van der Waals surface area (Å²) in [6, 6.07) is 9.75.